The molecule has 15 rings (SSSR count). The summed E-state index contributed by atoms with van der Waals surface area (Å²) in [4.78, 5) is 5.01. The lowest BCUT2D eigenvalue weighted by Crippen LogP contribution is -2.64. The number of nitrogens with zero attached hydrogens (tertiary/aromatic N) is 3. The van der Waals surface area contributed by atoms with Gasteiger partial charge in [-0.3, -0.25) is 0 Å². The molecule has 5 heterocycles. The van der Waals surface area contributed by atoms with E-state index >= 15 is 0 Å². The minimum absolute atomic E-state index is 0.0579. The van der Waals surface area contributed by atoms with E-state index in [1.807, 2.05) is 0 Å². The van der Waals surface area contributed by atoms with Crippen molar-refractivity contribution >= 4 is 102 Å². The van der Waals surface area contributed by atoms with Gasteiger partial charge in [-0.2, -0.15) is 0 Å². The molecule has 4 aliphatic rings. The molecule has 0 saturated carbocycles. The lowest BCUT2D eigenvalue weighted by atomic mass is 9.30. The van der Waals surface area contributed by atoms with E-state index in [0.29, 0.717) is 0 Å². The first-order chi connectivity index (χ1) is 33.6. The molecule has 0 spiro atoms. The Balaban J connectivity index is 1.05. The van der Waals surface area contributed by atoms with Gasteiger partial charge in [-0.25, -0.2) is 0 Å². The molecule has 1 aromatic heterocycles. The highest BCUT2D eigenvalue weighted by molar-refractivity contribution is 7.02. The summed E-state index contributed by atoms with van der Waals surface area (Å²) in [6.07, 6.45) is 0. The molecule has 0 N–H and O–H groups in total. The number of anilines is 6. The molecule has 0 atom stereocenters. The number of aromatic nitrogens is 1. The van der Waals surface area contributed by atoms with E-state index in [9.17, 15) is 0 Å². The fourth-order valence-corrected chi connectivity index (χ4v) is 12.4. The first kappa shape index (κ1) is 37.7. The monoisotopic (exact) mass is 865 g/mol. The highest BCUT2D eigenvalue weighted by atomic mass is 16.5. The van der Waals surface area contributed by atoms with Gasteiger partial charge in [0.15, 0.2) is 0 Å². The molecule has 68 heavy (non-hydrogen) atoms. The minimum Gasteiger partial charge on any atom is -0.458 e. The van der Waals surface area contributed by atoms with Gasteiger partial charge in [0.25, 0.3) is 13.4 Å². The second kappa shape index (κ2) is 14.0. The Hall–Kier alpha value is -8.47. The summed E-state index contributed by atoms with van der Waals surface area (Å²) in [5.74, 6) is 1.80. The van der Waals surface area contributed by atoms with Crippen molar-refractivity contribution in [2.45, 2.75) is 13.8 Å². The zero-order valence-corrected chi connectivity index (χ0v) is 37.6. The van der Waals surface area contributed by atoms with Crippen LogP contribution in [0.5, 0.6) is 11.5 Å². The van der Waals surface area contributed by atoms with E-state index in [1.165, 1.54) is 105 Å². The normalized spacial score (nSPS) is 13.4. The number of aryl methyl sites for hydroxylation is 2. The molecular weight excluding hydrogens is 824 g/mol. The van der Waals surface area contributed by atoms with Crippen LogP contribution in [0.4, 0.5) is 34.1 Å². The van der Waals surface area contributed by atoms with Crippen LogP contribution in [0, 0.1) is 13.8 Å². The third-order valence-corrected chi connectivity index (χ3v) is 15.3. The predicted molar refractivity (Wildman–Crippen MR) is 286 cm³/mol. The summed E-state index contributed by atoms with van der Waals surface area (Å²) in [7, 11) is 0. The predicted octanol–water partition coefficient (Wildman–Crippen LogP) is 11.8. The zero-order chi connectivity index (χ0) is 44.8. The summed E-state index contributed by atoms with van der Waals surface area (Å²) in [6.45, 7) is 4.31. The molecule has 0 radical (unpaired) electrons. The molecule has 0 unspecified atom stereocenters. The zero-order valence-electron chi connectivity index (χ0n) is 37.6. The highest BCUT2D eigenvalue weighted by Crippen LogP contribution is 2.48. The standard InChI is InChI=1S/C62H41B2N3O/c1-38-18-9-11-24-44(38)40-32-55-60-56(33-40)66(43-22-7-4-8-23-43)54-37-58-51(36-50(54)63(60)48-28-14-16-31-53(48)65(55)42-20-5-3-6-21-42)64-49-29-17-27-47-46-26-13-15-30-52(46)67(62(47)49)57-34-41(35-59(68-58)61(57)64)45-25-12-10-19-39(45)2/h3-37H,1-2H3. The molecule has 316 valence electrons. The number of para-hydroxylation sites is 5. The topological polar surface area (TPSA) is 20.6 Å². The van der Waals surface area contributed by atoms with Crippen molar-refractivity contribution in [3.8, 4) is 39.4 Å². The van der Waals surface area contributed by atoms with Gasteiger partial charge in [-0.1, -0.05) is 146 Å². The van der Waals surface area contributed by atoms with Crippen molar-refractivity contribution in [2.75, 3.05) is 9.80 Å². The lowest BCUT2D eigenvalue weighted by Gasteiger charge is -2.45. The van der Waals surface area contributed by atoms with E-state index in [1.54, 1.807) is 0 Å². The van der Waals surface area contributed by atoms with E-state index < -0.39 is 0 Å². The Morgan fingerprint density at radius 1 is 0.368 bits per heavy atom. The van der Waals surface area contributed by atoms with E-state index in [-0.39, 0.29) is 13.4 Å². The maximum Gasteiger partial charge on any atom is 0.256 e. The fraction of sp³-hybridized carbons (Fsp3) is 0.0323. The summed E-state index contributed by atoms with van der Waals surface area (Å²) >= 11 is 0. The Morgan fingerprint density at radius 2 is 0.926 bits per heavy atom. The number of hydrogen-bond acceptors (Lipinski definition) is 3. The maximum absolute atomic E-state index is 7.48. The molecule has 0 amide bonds. The maximum atomic E-state index is 7.48. The van der Waals surface area contributed by atoms with E-state index in [4.69, 9.17) is 4.74 Å². The van der Waals surface area contributed by atoms with Gasteiger partial charge in [0.2, 0.25) is 0 Å². The van der Waals surface area contributed by atoms with Gasteiger partial charge < -0.3 is 19.1 Å². The van der Waals surface area contributed by atoms with Crippen LogP contribution in [-0.2, 0) is 0 Å². The van der Waals surface area contributed by atoms with Crippen molar-refractivity contribution in [2.24, 2.45) is 0 Å². The molecule has 0 bridgehead atoms. The smallest absolute Gasteiger partial charge is 0.256 e. The van der Waals surface area contributed by atoms with Crippen LogP contribution in [-0.4, -0.2) is 18.0 Å². The molecular formula is C62H41B2N3O. The molecule has 11 aromatic rings. The van der Waals surface area contributed by atoms with Crippen molar-refractivity contribution in [1.82, 2.24) is 4.57 Å². The number of hydrogen-bond donors (Lipinski definition) is 0. The molecule has 0 fully saturated rings. The van der Waals surface area contributed by atoms with Crippen molar-refractivity contribution in [3.63, 3.8) is 0 Å². The first-order valence-corrected chi connectivity index (χ1v) is 23.7. The number of ether oxygens (including phenoxy) is 1. The minimum atomic E-state index is -0.0605. The molecule has 0 saturated heterocycles. The van der Waals surface area contributed by atoms with Crippen LogP contribution in [0.15, 0.2) is 212 Å². The quantitative estimate of drug-likeness (QED) is 0.164. The fourth-order valence-electron chi connectivity index (χ4n) is 12.4. The van der Waals surface area contributed by atoms with Crippen molar-refractivity contribution in [1.29, 1.82) is 0 Å². The van der Waals surface area contributed by atoms with Gasteiger partial charge >= 0.3 is 0 Å². The average Bonchev–Trinajstić information content (AvgIpc) is 3.72. The Bertz CT molecular complexity index is 3950. The van der Waals surface area contributed by atoms with Gasteiger partial charge in [0.05, 0.1) is 5.52 Å². The summed E-state index contributed by atoms with van der Waals surface area (Å²) in [6, 6.07) is 78.7. The first-order valence-electron chi connectivity index (χ1n) is 23.7. The van der Waals surface area contributed by atoms with Crippen LogP contribution in [0.3, 0.4) is 0 Å². The Morgan fingerprint density at radius 3 is 1.65 bits per heavy atom. The molecule has 4 aliphatic heterocycles. The number of fused-ring (bicyclic) bond motifs is 11. The largest absolute Gasteiger partial charge is 0.458 e. The Kier molecular flexibility index (Phi) is 7.78. The van der Waals surface area contributed by atoms with Crippen molar-refractivity contribution in [3.05, 3.63) is 223 Å². The molecule has 4 nitrogen and oxygen atoms in total. The van der Waals surface area contributed by atoms with Crippen LogP contribution in [0.25, 0.3) is 49.7 Å². The second-order valence-electron chi connectivity index (χ2n) is 18.9. The average molecular weight is 866 g/mol. The van der Waals surface area contributed by atoms with E-state index in [0.717, 1.165) is 34.1 Å². The lowest BCUT2D eigenvalue weighted by molar-refractivity contribution is 0.487. The van der Waals surface area contributed by atoms with Gasteiger partial charge in [-0.15, -0.1) is 0 Å². The summed E-state index contributed by atoms with van der Waals surface area (Å²) in [5, 5.41) is 2.54. The van der Waals surface area contributed by atoms with Crippen LogP contribution in [0.1, 0.15) is 11.1 Å². The number of rotatable bonds is 4. The van der Waals surface area contributed by atoms with Crippen LogP contribution >= 0.6 is 0 Å². The molecule has 6 heteroatoms. The Labute approximate surface area is 396 Å². The van der Waals surface area contributed by atoms with Crippen molar-refractivity contribution < 1.29 is 4.74 Å². The third kappa shape index (κ3) is 5.12. The highest BCUT2D eigenvalue weighted by Gasteiger charge is 2.47. The van der Waals surface area contributed by atoms with Gasteiger partial charge in [0, 0.05) is 62.2 Å². The third-order valence-electron chi connectivity index (χ3n) is 15.3. The number of benzene rings is 10. The van der Waals surface area contributed by atoms with Crippen LogP contribution in [0.2, 0.25) is 0 Å². The van der Waals surface area contributed by atoms with E-state index in [2.05, 4.69) is 241 Å². The SMILES string of the molecule is Cc1ccccc1-c1cc2c3c(c1)N(c1ccccc1)c1cc4c(cc1B3c1ccccc1N2c1ccccc1)B1c2c(cc(-c3ccccc3C)cc2-n2c3ccccc3c3cccc1c32)O4. The summed E-state index contributed by atoms with van der Waals surface area (Å²) in [5.41, 5.74) is 25.4. The summed E-state index contributed by atoms with van der Waals surface area (Å²) < 4.78 is 9.99. The molecule has 10 aromatic carbocycles. The second-order valence-corrected chi connectivity index (χ2v) is 18.9. The van der Waals surface area contributed by atoms with Gasteiger partial charge in [0.1, 0.15) is 11.5 Å². The van der Waals surface area contributed by atoms with Gasteiger partial charge in [-0.05, 0) is 141 Å². The molecule has 0 aliphatic carbocycles. The van der Waals surface area contributed by atoms with Crippen LogP contribution < -0.4 is 47.3 Å².